The van der Waals surface area contributed by atoms with Crippen LogP contribution in [0.15, 0.2) is 48.0 Å². The molecule has 2 aromatic carbocycles. The largest absolute Gasteiger partial charge is 0.490 e. The summed E-state index contributed by atoms with van der Waals surface area (Å²) in [5, 5.41) is 20.1. The number of fused-ring (bicyclic) bond motifs is 1. The van der Waals surface area contributed by atoms with Crippen LogP contribution >= 0.6 is 35.3 Å². The quantitative estimate of drug-likeness (QED) is 0.0805. The van der Waals surface area contributed by atoms with Crippen LogP contribution in [0.2, 0.25) is 5.02 Å². The van der Waals surface area contributed by atoms with Gasteiger partial charge in [-0.2, -0.15) is 0 Å². The van der Waals surface area contributed by atoms with Gasteiger partial charge < -0.3 is 47.1 Å². The zero-order chi connectivity index (χ0) is 49.3. The van der Waals surface area contributed by atoms with E-state index < -0.39 is 53.5 Å². The third kappa shape index (κ3) is 14.4. The number of aromatic nitrogens is 1. The number of nitrogens with two attached hydrogens (primary N) is 2. The van der Waals surface area contributed by atoms with Crippen LogP contribution in [0, 0.1) is 12.3 Å². The van der Waals surface area contributed by atoms with E-state index in [0.717, 1.165) is 52.9 Å². The highest BCUT2D eigenvalue weighted by Crippen LogP contribution is 2.34. The number of aliphatic hydroxyl groups excluding tert-OH is 1. The van der Waals surface area contributed by atoms with Crippen LogP contribution in [0.1, 0.15) is 128 Å². The SMILES string of the molecule is Cc1ncsc1-c1ccc([C@H](C)NC(=O)C2CC(O)CN2C(=O)[C@@H](NC(=O)CCCCc2cccc(OC[C@H](CCC(N)=O)NC(=O)[C@@H]3CC[C@@H]4CCCC[C@H](N)C(=O)N43)c2Cl)C(C)(C)C)cc1.Cl. The molecule has 16 nitrogen and oxygen atoms in total. The van der Waals surface area contributed by atoms with Crippen LogP contribution in [0.25, 0.3) is 10.4 Å². The predicted molar refractivity (Wildman–Crippen MR) is 269 cm³/mol. The molecule has 378 valence electrons. The summed E-state index contributed by atoms with van der Waals surface area (Å²) in [6.07, 6.45) is 5.68. The summed E-state index contributed by atoms with van der Waals surface area (Å²) in [5.41, 5.74) is 16.4. The van der Waals surface area contributed by atoms with Crippen molar-refractivity contribution < 1.29 is 38.6 Å². The van der Waals surface area contributed by atoms with Crippen molar-refractivity contribution in [3.8, 4) is 16.2 Å². The molecule has 3 fully saturated rings. The minimum atomic E-state index is -0.953. The van der Waals surface area contributed by atoms with E-state index in [4.69, 9.17) is 27.8 Å². The molecule has 0 saturated carbocycles. The van der Waals surface area contributed by atoms with Gasteiger partial charge in [-0.3, -0.25) is 28.8 Å². The lowest BCUT2D eigenvalue weighted by Gasteiger charge is -2.35. The van der Waals surface area contributed by atoms with E-state index in [0.29, 0.717) is 42.9 Å². The number of halogens is 2. The van der Waals surface area contributed by atoms with E-state index in [2.05, 4.69) is 20.9 Å². The topological polar surface area (TPSA) is 239 Å². The Morgan fingerprint density at radius 2 is 1.67 bits per heavy atom. The number of rotatable bonds is 19. The third-order valence-corrected chi connectivity index (χ3v) is 14.8. The molecule has 8 atom stereocenters. The second kappa shape index (κ2) is 24.8. The molecular weight excluding hydrogens is 944 g/mol. The second-order valence-corrected chi connectivity index (χ2v) is 21.0. The number of hydrogen-bond donors (Lipinski definition) is 6. The normalized spacial score (nSPS) is 21.7. The van der Waals surface area contributed by atoms with Crippen molar-refractivity contribution in [1.29, 1.82) is 0 Å². The zero-order valence-corrected chi connectivity index (χ0v) is 42.7. The molecule has 3 aliphatic heterocycles. The minimum absolute atomic E-state index is 0. The molecular formula is C50H70Cl2N8O8S. The number of nitrogens with zero attached hydrogens (tertiary/aromatic N) is 3. The van der Waals surface area contributed by atoms with Crippen LogP contribution in [-0.2, 0) is 35.2 Å². The smallest absolute Gasteiger partial charge is 0.246 e. The number of ether oxygens (including phenoxy) is 1. The number of hydrogen-bond acceptors (Lipinski definition) is 11. The van der Waals surface area contributed by atoms with Crippen molar-refractivity contribution >= 4 is 70.8 Å². The maximum absolute atomic E-state index is 14.2. The molecule has 6 rings (SSSR count). The van der Waals surface area contributed by atoms with Gasteiger partial charge >= 0.3 is 0 Å². The van der Waals surface area contributed by atoms with Gasteiger partial charge in [-0.15, -0.1) is 23.7 Å². The van der Waals surface area contributed by atoms with Crippen LogP contribution < -0.4 is 32.2 Å². The Bertz CT molecular complexity index is 2270. The van der Waals surface area contributed by atoms with Crippen LogP contribution in [-0.4, -0.2) is 111 Å². The van der Waals surface area contributed by atoms with Gasteiger partial charge in [0.05, 0.1) is 45.3 Å². The number of aryl methyl sites for hydroxylation is 2. The monoisotopic (exact) mass is 1010 g/mol. The maximum atomic E-state index is 14.2. The van der Waals surface area contributed by atoms with Gasteiger partial charge in [0.1, 0.15) is 30.5 Å². The highest BCUT2D eigenvalue weighted by atomic mass is 35.5. The van der Waals surface area contributed by atoms with Gasteiger partial charge in [-0.1, -0.05) is 81.6 Å². The van der Waals surface area contributed by atoms with E-state index in [9.17, 15) is 33.9 Å². The number of primary amides is 1. The van der Waals surface area contributed by atoms with E-state index in [1.54, 1.807) is 28.4 Å². The minimum Gasteiger partial charge on any atom is -0.490 e. The molecule has 0 aliphatic carbocycles. The molecule has 3 aliphatic rings. The highest BCUT2D eigenvalue weighted by molar-refractivity contribution is 7.13. The molecule has 3 aromatic rings. The molecule has 19 heteroatoms. The van der Waals surface area contributed by atoms with Crippen molar-refractivity contribution in [2.45, 2.75) is 166 Å². The number of nitrogens with one attached hydrogen (secondary N) is 3. The fourth-order valence-electron chi connectivity index (χ4n) is 9.53. The van der Waals surface area contributed by atoms with Gasteiger partial charge in [0, 0.05) is 31.8 Å². The first-order chi connectivity index (χ1) is 32.3. The Balaban J connectivity index is 0.00000888. The summed E-state index contributed by atoms with van der Waals surface area (Å²) in [6.45, 7) is 9.36. The zero-order valence-electron chi connectivity index (χ0n) is 40.3. The Hall–Kier alpha value is -4.81. The molecule has 2 unspecified atom stereocenters. The Kier molecular flexibility index (Phi) is 19.8. The number of amides is 6. The standard InChI is InChI=1S/C50H69ClN8O8S.ClH/c1-29(31-17-19-33(20-18-31)44-30(2)54-28-68-44)55-47(64)39-25-36(60)26-58(39)49(66)45(50(3,4)5)57-42(62)16-9-6-11-32-12-10-15-40(43(32)51)67-27-34(21-24-41(53)61)56-46(63)38-23-22-35-13-7-8-14-37(52)48(65)59(35)38;/h10,12,15,17-20,28-29,34-39,45,60H,6-9,11,13-14,16,21-27,52H2,1-5H3,(H2,53,61)(H,55,64)(H,56,63)(H,57,62);1H/t29-,34-,35-,36?,37-,38-,39?,45+;/m0./s1. The van der Waals surface area contributed by atoms with E-state index in [1.165, 1.54) is 4.90 Å². The molecule has 0 bridgehead atoms. The number of benzene rings is 2. The average Bonchev–Trinajstić information content (AvgIpc) is 4.04. The predicted octanol–water partition coefficient (Wildman–Crippen LogP) is 5.67. The molecule has 3 saturated heterocycles. The molecule has 1 aromatic heterocycles. The first-order valence-corrected chi connectivity index (χ1v) is 25.2. The Labute approximate surface area is 420 Å². The Morgan fingerprint density at radius 1 is 0.957 bits per heavy atom. The maximum Gasteiger partial charge on any atom is 0.246 e. The summed E-state index contributed by atoms with van der Waals surface area (Å²) in [7, 11) is 0. The number of thiazole rings is 1. The summed E-state index contributed by atoms with van der Waals surface area (Å²) in [6, 6.07) is 9.16. The fraction of sp³-hybridized carbons (Fsp3) is 0.580. The lowest BCUT2D eigenvalue weighted by Crippen LogP contribution is -2.57. The number of likely N-dealkylation sites (tertiary alicyclic amines) is 1. The summed E-state index contributed by atoms with van der Waals surface area (Å²) in [5.74, 6) is -1.77. The lowest BCUT2D eigenvalue weighted by atomic mass is 9.85. The number of carbonyl (C=O) groups is 6. The Morgan fingerprint density at radius 3 is 2.35 bits per heavy atom. The van der Waals surface area contributed by atoms with E-state index in [1.807, 2.05) is 70.5 Å². The van der Waals surface area contributed by atoms with Gasteiger partial charge in [-0.05, 0) is 93.4 Å². The van der Waals surface area contributed by atoms with Crippen molar-refractivity contribution in [3.05, 3.63) is 69.8 Å². The number of carbonyl (C=O) groups excluding carboxylic acids is 6. The summed E-state index contributed by atoms with van der Waals surface area (Å²) >= 11 is 8.41. The molecule has 69 heavy (non-hydrogen) atoms. The van der Waals surface area contributed by atoms with Gasteiger partial charge in [0.25, 0.3) is 0 Å². The molecule has 8 N–H and O–H groups in total. The van der Waals surface area contributed by atoms with Crippen molar-refractivity contribution in [2.75, 3.05) is 13.2 Å². The molecule has 0 radical (unpaired) electrons. The number of β-amino-alcohol motifs (C(OH)–C–C–N with tert-alkyl or cyclic N) is 1. The average molecular weight is 1010 g/mol. The van der Waals surface area contributed by atoms with Crippen molar-refractivity contribution in [1.82, 2.24) is 30.7 Å². The van der Waals surface area contributed by atoms with Gasteiger partial charge in [-0.25, -0.2) is 4.98 Å². The lowest BCUT2D eigenvalue weighted by molar-refractivity contribution is -0.144. The van der Waals surface area contributed by atoms with Gasteiger partial charge in [0.2, 0.25) is 35.4 Å². The molecule has 0 spiro atoms. The molecule has 4 heterocycles. The highest BCUT2D eigenvalue weighted by Gasteiger charge is 2.45. The second-order valence-electron chi connectivity index (χ2n) is 19.7. The van der Waals surface area contributed by atoms with Crippen molar-refractivity contribution in [2.24, 2.45) is 16.9 Å². The van der Waals surface area contributed by atoms with Gasteiger partial charge in [0.15, 0.2) is 0 Å². The van der Waals surface area contributed by atoms with Crippen LogP contribution in [0.4, 0.5) is 0 Å². The van der Waals surface area contributed by atoms with Crippen LogP contribution in [0.5, 0.6) is 5.75 Å². The summed E-state index contributed by atoms with van der Waals surface area (Å²) in [4.78, 5) is 88.5. The van der Waals surface area contributed by atoms with E-state index >= 15 is 0 Å². The fourth-order valence-corrected chi connectivity index (χ4v) is 10.6. The summed E-state index contributed by atoms with van der Waals surface area (Å²) < 4.78 is 6.15. The van der Waals surface area contributed by atoms with E-state index in [-0.39, 0.29) is 87.0 Å². The van der Waals surface area contributed by atoms with Crippen LogP contribution in [0.3, 0.4) is 0 Å². The number of aliphatic hydroxyl groups is 1. The first kappa shape index (κ1) is 55.1. The van der Waals surface area contributed by atoms with Crippen molar-refractivity contribution in [3.63, 3.8) is 0 Å². The number of unbranched alkanes of at least 4 members (excludes halogenated alkanes) is 1. The third-order valence-electron chi connectivity index (χ3n) is 13.4. The first-order valence-electron chi connectivity index (χ1n) is 24.0. The molecule has 6 amide bonds.